The highest BCUT2D eigenvalue weighted by Crippen LogP contribution is 2.18. The van der Waals surface area contributed by atoms with Crippen molar-refractivity contribution in [3.8, 4) is 0 Å². The molecule has 0 bridgehead atoms. The van der Waals surface area contributed by atoms with Gasteiger partial charge in [-0.2, -0.15) is 0 Å². The summed E-state index contributed by atoms with van der Waals surface area (Å²) in [5.41, 5.74) is 11.1. The normalized spacial score (nSPS) is 12.8. The van der Waals surface area contributed by atoms with Crippen LogP contribution in [-0.2, 0) is 4.79 Å². The predicted octanol–water partition coefficient (Wildman–Crippen LogP) is 0.314. The highest BCUT2D eigenvalue weighted by Gasteiger charge is 2.13. The Balaban J connectivity index is 2.84. The van der Waals surface area contributed by atoms with Crippen molar-refractivity contribution in [2.45, 2.75) is 12.8 Å². The topological polar surface area (TPSA) is 82.0 Å². The molecule has 4 N–H and O–H groups in total. The van der Waals surface area contributed by atoms with Crippen LogP contribution >= 0.6 is 11.3 Å². The second-order valence-corrected chi connectivity index (χ2v) is 3.12. The number of hydrogen-bond donors (Lipinski definition) is 2. The van der Waals surface area contributed by atoms with Crippen LogP contribution in [0.2, 0.25) is 0 Å². The molecule has 0 aliphatic carbocycles. The lowest BCUT2D eigenvalue weighted by Gasteiger charge is -2.00. The Labute approximate surface area is 68.2 Å². The minimum absolute atomic E-state index is 0.344. The van der Waals surface area contributed by atoms with Crippen LogP contribution in [0.15, 0.2) is 5.38 Å². The van der Waals surface area contributed by atoms with Gasteiger partial charge in [0.2, 0.25) is 5.91 Å². The summed E-state index contributed by atoms with van der Waals surface area (Å²) < 4.78 is 0. The lowest BCUT2D eigenvalue weighted by Crippen LogP contribution is -2.18. The number of rotatable bonds is 2. The van der Waals surface area contributed by atoms with Crippen molar-refractivity contribution in [2.24, 2.45) is 5.73 Å². The van der Waals surface area contributed by atoms with E-state index in [0.717, 1.165) is 0 Å². The van der Waals surface area contributed by atoms with E-state index in [1.54, 1.807) is 12.3 Å². The Morgan fingerprint density at radius 3 is 2.82 bits per heavy atom. The van der Waals surface area contributed by atoms with Gasteiger partial charge in [-0.15, -0.1) is 11.3 Å². The first kappa shape index (κ1) is 8.00. The first-order chi connectivity index (χ1) is 5.11. The Hall–Kier alpha value is -1.10. The van der Waals surface area contributed by atoms with E-state index in [1.165, 1.54) is 11.3 Å². The Kier molecular flexibility index (Phi) is 2.09. The second kappa shape index (κ2) is 2.87. The van der Waals surface area contributed by atoms with Crippen molar-refractivity contribution in [1.29, 1.82) is 0 Å². The van der Waals surface area contributed by atoms with E-state index in [-0.39, 0.29) is 11.8 Å². The third-order valence-corrected chi connectivity index (χ3v) is 2.10. The van der Waals surface area contributed by atoms with Crippen molar-refractivity contribution in [1.82, 2.24) is 4.98 Å². The number of nitrogen functional groups attached to an aromatic ring is 1. The third kappa shape index (κ3) is 1.68. The number of amides is 1. The smallest absolute Gasteiger partial charge is 0.226 e. The SMILES string of the molecule is CC(C(N)=O)c1csc(N)n1. The van der Waals surface area contributed by atoms with E-state index in [9.17, 15) is 4.79 Å². The molecule has 0 aliphatic rings. The van der Waals surface area contributed by atoms with Crippen LogP contribution in [0.3, 0.4) is 0 Å². The highest BCUT2D eigenvalue weighted by atomic mass is 32.1. The van der Waals surface area contributed by atoms with Gasteiger partial charge in [0.15, 0.2) is 5.13 Å². The number of carbonyl (C=O) groups excluding carboxylic acids is 1. The average molecular weight is 171 g/mol. The van der Waals surface area contributed by atoms with Crippen molar-refractivity contribution in [3.63, 3.8) is 0 Å². The fourth-order valence-electron chi connectivity index (χ4n) is 0.645. The minimum atomic E-state index is -0.379. The molecule has 1 aromatic heterocycles. The maximum Gasteiger partial charge on any atom is 0.226 e. The molecule has 1 unspecified atom stereocenters. The van der Waals surface area contributed by atoms with Crippen molar-refractivity contribution in [2.75, 3.05) is 5.73 Å². The van der Waals surface area contributed by atoms with Gasteiger partial charge in [-0.1, -0.05) is 0 Å². The molecule has 60 valence electrons. The van der Waals surface area contributed by atoms with Gasteiger partial charge in [0.05, 0.1) is 11.6 Å². The molecule has 0 saturated carbocycles. The van der Waals surface area contributed by atoms with E-state index in [2.05, 4.69) is 4.98 Å². The van der Waals surface area contributed by atoms with E-state index < -0.39 is 0 Å². The Morgan fingerprint density at radius 1 is 1.82 bits per heavy atom. The second-order valence-electron chi connectivity index (χ2n) is 2.23. The van der Waals surface area contributed by atoms with E-state index in [1.807, 2.05) is 0 Å². The molecule has 0 fully saturated rings. The summed E-state index contributed by atoms with van der Waals surface area (Å²) >= 11 is 1.31. The van der Waals surface area contributed by atoms with E-state index in [0.29, 0.717) is 10.8 Å². The largest absolute Gasteiger partial charge is 0.375 e. The first-order valence-corrected chi connectivity index (χ1v) is 3.99. The summed E-state index contributed by atoms with van der Waals surface area (Å²) in [5.74, 6) is -0.723. The molecule has 1 heterocycles. The van der Waals surface area contributed by atoms with Crippen LogP contribution in [-0.4, -0.2) is 10.9 Å². The fraction of sp³-hybridized carbons (Fsp3) is 0.333. The van der Waals surface area contributed by atoms with Gasteiger partial charge in [0, 0.05) is 5.38 Å². The number of thiazole rings is 1. The summed E-state index contributed by atoms with van der Waals surface area (Å²) in [6.45, 7) is 1.71. The van der Waals surface area contributed by atoms with Gasteiger partial charge in [-0.25, -0.2) is 4.98 Å². The zero-order valence-corrected chi connectivity index (χ0v) is 6.89. The molecular weight excluding hydrogens is 162 g/mol. The number of nitrogens with two attached hydrogens (primary N) is 2. The van der Waals surface area contributed by atoms with Gasteiger partial charge in [-0.05, 0) is 6.92 Å². The summed E-state index contributed by atoms with van der Waals surface area (Å²) in [7, 11) is 0. The van der Waals surface area contributed by atoms with E-state index in [4.69, 9.17) is 11.5 Å². The number of hydrogen-bond acceptors (Lipinski definition) is 4. The van der Waals surface area contributed by atoms with E-state index >= 15 is 0 Å². The summed E-state index contributed by atoms with van der Waals surface area (Å²) in [4.78, 5) is 14.6. The molecule has 1 rings (SSSR count). The number of carbonyl (C=O) groups is 1. The monoisotopic (exact) mass is 171 g/mol. The van der Waals surface area contributed by atoms with Crippen molar-refractivity contribution < 1.29 is 4.79 Å². The molecular formula is C6H9N3OS. The molecule has 11 heavy (non-hydrogen) atoms. The molecule has 0 aromatic carbocycles. The Morgan fingerprint density at radius 2 is 2.45 bits per heavy atom. The van der Waals surface area contributed by atoms with Crippen LogP contribution in [0.5, 0.6) is 0 Å². The number of nitrogens with zero attached hydrogens (tertiary/aromatic N) is 1. The molecule has 0 aliphatic heterocycles. The van der Waals surface area contributed by atoms with Crippen LogP contribution in [0.1, 0.15) is 18.5 Å². The maximum atomic E-state index is 10.7. The molecule has 0 spiro atoms. The maximum absolute atomic E-state index is 10.7. The fourth-order valence-corrected chi connectivity index (χ4v) is 1.30. The van der Waals surface area contributed by atoms with Gasteiger partial charge in [0.1, 0.15) is 0 Å². The van der Waals surface area contributed by atoms with Crippen molar-refractivity contribution in [3.05, 3.63) is 11.1 Å². The summed E-state index contributed by atoms with van der Waals surface area (Å²) in [5, 5.41) is 2.21. The quantitative estimate of drug-likeness (QED) is 0.672. The molecule has 0 radical (unpaired) electrons. The number of anilines is 1. The van der Waals surface area contributed by atoms with Crippen LogP contribution in [0.25, 0.3) is 0 Å². The first-order valence-electron chi connectivity index (χ1n) is 3.11. The standard InChI is InChI=1S/C6H9N3OS/c1-3(5(7)10)4-2-11-6(8)9-4/h2-3H,1H3,(H2,7,10)(H2,8,9). The average Bonchev–Trinajstić information content (AvgIpc) is 2.34. The Bertz CT molecular complexity index is 271. The molecule has 1 amide bonds. The predicted molar refractivity (Wildman–Crippen MR) is 44.1 cm³/mol. The summed E-state index contributed by atoms with van der Waals surface area (Å²) in [6, 6.07) is 0. The van der Waals surface area contributed by atoms with Crippen LogP contribution in [0, 0.1) is 0 Å². The number of aromatic nitrogens is 1. The lowest BCUT2D eigenvalue weighted by atomic mass is 10.1. The summed E-state index contributed by atoms with van der Waals surface area (Å²) in [6.07, 6.45) is 0. The number of primary amides is 1. The van der Waals surface area contributed by atoms with Gasteiger partial charge < -0.3 is 11.5 Å². The molecule has 0 saturated heterocycles. The highest BCUT2D eigenvalue weighted by molar-refractivity contribution is 7.13. The lowest BCUT2D eigenvalue weighted by molar-refractivity contribution is -0.119. The molecule has 5 heteroatoms. The van der Waals surface area contributed by atoms with Crippen LogP contribution < -0.4 is 11.5 Å². The zero-order valence-electron chi connectivity index (χ0n) is 6.07. The molecule has 1 atom stereocenters. The zero-order chi connectivity index (χ0) is 8.43. The van der Waals surface area contributed by atoms with Gasteiger partial charge in [0.25, 0.3) is 0 Å². The van der Waals surface area contributed by atoms with Crippen LogP contribution in [0.4, 0.5) is 5.13 Å². The van der Waals surface area contributed by atoms with Crippen molar-refractivity contribution >= 4 is 22.4 Å². The van der Waals surface area contributed by atoms with Gasteiger partial charge in [-0.3, -0.25) is 4.79 Å². The minimum Gasteiger partial charge on any atom is -0.375 e. The molecule has 1 aromatic rings. The molecule has 4 nitrogen and oxygen atoms in total. The third-order valence-electron chi connectivity index (χ3n) is 1.41. The van der Waals surface area contributed by atoms with Gasteiger partial charge >= 0.3 is 0 Å².